The molecule has 3 rings (SSSR count). The van der Waals surface area contributed by atoms with E-state index in [9.17, 15) is 27.6 Å². The summed E-state index contributed by atoms with van der Waals surface area (Å²) in [5.41, 5.74) is 0.617. The quantitative estimate of drug-likeness (QED) is 0.347. The number of esters is 1. The molecule has 6 nitrogen and oxygen atoms in total. The molecule has 0 atom stereocenters. The molecule has 0 aliphatic carbocycles. The zero-order chi connectivity index (χ0) is 26.3. The lowest BCUT2D eigenvalue weighted by atomic mass is 9.82. The fourth-order valence-corrected chi connectivity index (χ4v) is 4.55. The fraction of sp³-hybridized carbons (Fsp3) is 0.444. The monoisotopic (exact) mass is 505 g/mol. The van der Waals surface area contributed by atoms with Crippen LogP contribution in [0.3, 0.4) is 0 Å². The van der Waals surface area contributed by atoms with Crippen molar-refractivity contribution in [3.05, 3.63) is 59.7 Å². The zero-order valence-electron chi connectivity index (χ0n) is 20.4. The van der Waals surface area contributed by atoms with E-state index >= 15 is 0 Å². The van der Waals surface area contributed by atoms with Gasteiger partial charge in [0.15, 0.2) is 0 Å². The minimum absolute atomic E-state index is 0.0662. The molecule has 1 aliphatic heterocycles. The maximum atomic E-state index is 13.3. The largest absolute Gasteiger partial charge is 0.466 e. The van der Waals surface area contributed by atoms with E-state index in [0.717, 1.165) is 23.3 Å². The summed E-state index contributed by atoms with van der Waals surface area (Å²) in [7, 11) is 0. The van der Waals surface area contributed by atoms with Gasteiger partial charge in [-0.25, -0.2) is 0 Å². The summed E-state index contributed by atoms with van der Waals surface area (Å²) < 4.78 is 49.0. The molecule has 1 saturated heterocycles. The number of carbonyl (C=O) groups is 3. The first-order valence-electron chi connectivity index (χ1n) is 11.8. The molecule has 0 bridgehead atoms. The minimum Gasteiger partial charge on any atom is -0.466 e. The number of rotatable bonds is 9. The first-order chi connectivity index (χ1) is 17.0. The third-order valence-electron chi connectivity index (χ3n) is 6.32. The molecular formula is C27H30F3NO5. The SMILES string of the molecule is CCOC(=O)CC(=O)N(Cc1ccc(-c2ccc(C(F)(F)F)cc2)cc1)C1(CC(C)=O)CCOCC1. The number of alkyl halides is 3. The highest BCUT2D eigenvalue weighted by Gasteiger charge is 2.42. The second-order valence-corrected chi connectivity index (χ2v) is 8.95. The van der Waals surface area contributed by atoms with Crippen LogP contribution in [0, 0.1) is 0 Å². The van der Waals surface area contributed by atoms with E-state index < -0.39 is 35.6 Å². The lowest BCUT2D eigenvalue weighted by Gasteiger charge is -2.46. The van der Waals surface area contributed by atoms with Crippen LogP contribution in [0.2, 0.25) is 0 Å². The Labute approximate surface area is 208 Å². The molecule has 9 heteroatoms. The first-order valence-corrected chi connectivity index (χ1v) is 11.8. The van der Waals surface area contributed by atoms with Crippen molar-refractivity contribution >= 4 is 17.7 Å². The number of halogens is 3. The topological polar surface area (TPSA) is 72.9 Å². The summed E-state index contributed by atoms with van der Waals surface area (Å²) in [6, 6.07) is 12.0. The predicted molar refractivity (Wildman–Crippen MR) is 127 cm³/mol. The maximum Gasteiger partial charge on any atom is 0.416 e. The smallest absolute Gasteiger partial charge is 0.416 e. The van der Waals surface area contributed by atoms with Crippen LogP contribution in [0.4, 0.5) is 13.2 Å². The van der Waals surface area contributed by atoms with Gasteiger partial charge < -0.3 is 14.4 Å². The normalized spacial score (nSPS) is 15.2. The van der Waals surface area contributed by atoms with Gasteiger partial charge in [-0.15, -0.1) is 0 Å². The van der Waals surface area contributed by atoms with Crippen molar-refractivity contribution in [1.29, 1.82) is 0 Å². The van der Waals surface area contributed by atoms with Crippen LogP contribution >= 0.6 is 0 Å². The Hall–Kier alpha value is -3.20. The van der Waals surface area contributed by atoms with Crippen LogP contribution in [-0.4, -0.2) is 47.9 Å². The van der Waals surface area contributed by atoms with Crippen LogP contribution in [0.25, 0.3) is 11.1 Å². The van der Waals surface area contributed by atoms with E-state index in [1.165, 1.54) is 19.1 Å². The average molecular weight is 506 g/mol. The summed E-state index contributed by atoms with van der Waals surface area (Å²) >= 11 is 0. The standard InChI is InChI=1S/C27H30F3NO5/c1-3-36-25(34)16-24(33)31(26(17-19(2)32)12-14-35-15-13-26)18-20-4-6-21(7-5-20)22-8-10-23(11-9-22)27(28,29)30/h4-11H,3,12-18H2,1-2H3. The van der Waals surface area contributed by atoms with Gasteiger partial charge in [-0.1, -0.05) is 36.4 Å². The molecule has 2 aromatic rings. The first kappa shape index (κ1) is 27.4. The Balaban J connectivity index is 1.86. The lowest BCUT2D eigenvalue weighted by molar-refractivity contribution is -0.154. The molecule has 1 heterocycles. The third kappa shape index (κ3) is 6.94. The van der Waals surface area contributed by atoms with Crippen molar-refractivity contribution in [2.75, 3.05) is 19.8 Å². The van der Waals surface area contributed by atoms with Crippen molar-refractivity contribution in [3.8, 4) is 11.1 Å². The fourth-order valence-electron chi connectivity index (χ4n) is 4.55. The van der Waals surface area contributed by atoms with Crippen LogP contribution in [0.15, 0.2) is 48.5 Å². The molecule has 2 aromatic carbocycles. The van der Waals surface area contributed by atoms with Gasteiger partial charge >= 0.3 is 12.1 Å². The molecular weight excluding hydrogens is 475 g/mol. The van der Waals surface area contributed by atoms with Gasteiger partial charge in [0.1, 0.15) is 12.2 Å². The molecule has 1 amide bonds. The van der Waals surface area contributed by atoms with Crippen molar-refractivity contribution < 1.29 is 37.0 Å². The highest BCUT2D eigenvalue weighted by molar-refractivity contribution is 5.95. The van der Waals surface area contributed by atoms with Gasteiger partial charge in [-0.2, -0.15) is 13.2 Å². The van der Waals surface area contributed by atoms with E-state index in [-0.39, 0.29) is 25.4 Å². The molecule has 36 heavy (non-hydrogen) atoms. The molecule has 0 radical (unpaired) electrons. The van der Waals surface area contributed by atoms with Gasteiger partial charge in [-0.05, 0) is 55.5 Å². The van der Waals surface area contributed by atoms with Crippen molar-refractivity contribution in [1.82, 2.24) is 4.90 Å². The van der Waals surface area contributed by atoms with Crippen molar-refractivity contribution in [3.63, 3.8) is 0 Å². The molecule has 0 N–H and O–H groups in total. The number of amides is 1. The number of ketones is 1. The number of ether oxygens (including phenoxy) is 2. The Morgan fingerprint density at radius 2 is 1.53 bits per heavy atom. The summed E-state index contributed by atoms with van der Waals surface area (Å²) in [6.45, 7) is 4.24. The van der Waals surface area contributed by atoms with Gasteiger partial charge in [0.25, 0.3) is 0 Å². The second-order valence-electron chi connectivity index (χ2n) is 8.95. The Morgan fingerprint density at radius 3 is 2.03 bits per heavy atom. The molecule has 0 unspecified atom stereocenters. The molecule has 0 aromatic heterocycles. The number of carbonyl (C=O) groups excluding carboxylic acids is 3. The van der Waals surface area contributed by atoms with Gasteiger partial charge in [0.05, 0.1) is 17.7 Å². The highest BCUT2D eigenvalue weighted by Crippen LogP contribution is 2.35. The van der Waals surface area contributed by atoms with E-state index in [2.05, 4.69) is 0 Å². The predicted octanol–water partition coefficient (Wildman–Crippen LogP) is 5.18. The van der Waals surface area contributed by atoms with E-state index in [4.69, 9.17) is 9.47 Å². The summed E-state index contributed by atoms with van der Waals surface area (Å²) in [4.78, 5) is 39.1. The van der Waals surface area contributed by atoms with Gasteiger partial charge in [0, 0.05) is 26.2 Å². The lowest BCUT2D eigenvalue weighted by Crippen LogP contribution is -2.55. The number of benzene rings is 2. The van der Waals surface area contributed by atoms with E-state index in [1.54, 1.807) is 36.1 Å². The molecule has 1 fully saturated rings. The van der Waals surface area contributed by atoms with Crippen LogP contribution < -0.4 is 0 Å². The Morgan fingerprint density at radius 1 is 0.972 bits per heavy atom. The van der Waals surface area contributed by atoms with Crippen molar-refractivity contribution in [2.45, 2.75) is 57.8 Å². The Bertz CT molecular complexity index is 1060. The summed E-state index contributed by atoms with van der Waals surface area (Å²) in [5.74, 6) is -1.12. The average Bonchev–Trinajstić information content (AvgIpc) is 2.82. The van der Waals surface area contributed by atoms with Crippen LogP contribution in [-0.2, 0) is 36.6 Å². The van der Waals surface area contributed by atoms with Gasteiger partial charge in [-0.3, -0.25) is 14.4 Å². The minimum atomic E-state index is -4.40. The van der Waals surface area contributed by atoms with Gasteiger partial charge in [0.2, 0.25) is 5.91 Å². The van der Waals surface area contributed by atoms with E-state index in [1.807, 2.05) is 0 Å². The molecule has 194 valence electrons. The summed E-state index contributed by atoms with van der Waals surface area (Å²) in [5, 5.41) is 0. The number of Topliss-reactive ketones (excluding diaryl/α,β-unsaturated/α-hetero) is 1. The van der Waals surface area contributed by atoms with E-state index in [0.29, 0.717) is 31.6 Å². The van der Waals surface area contributed by atoms with Crippen LogP contribution in [0.5, 0.6) is 0 Å². The number of hydrogen-bond donors (Lipinski definition) is 0. The highest BCUT2D eigenvalue weighted by atomic mass is 19.4. The van der Waals surface area contributed by atoms with Crippen LogP contribution in [0.1, 0.15) is 50.7 Å². The molecule has 0 spiro atoms. The Kier molecular flexibility index (Phi) is 8.89. The zero-order valence-corrected chi connectivity index (χ0v) is 20.4. The second kappa shape index (κ2) is 11.7. The molecule has 0 saturated carbocycles. The molecule has 1 aliphatic rings. The summed E-state index contributed by atoms with van der Waals surface area (Å²) in [6.07, 6.45) is -3.76. The van der Waals surface area contributed by atoms with Crippen molar-refractivity contribution in [2.24, 2.45) is 0 Å². The maximum absolute atomic E-state index is 13.3. The number of hydrogen-bond acceptors (Lipinski definition) is 5. The number of nitrogens with zero attached hydrogens (tertiary/aromatic N) is 1. The third-order valence-corrected chi connectivity index (χ3v) is 6.32.